The molecule has 2 heterocycles. The number of hydrogen-bond donors (Lipinski definition) is 4. The van der Waals surface area contributed by atoms with E-state index in [0.717, 1.165) is 22.3 Å². The molecule has 0 spiro atoms. The Hall–Kier alpha value is -3.56. The molecule has 4 N–H and O–H groups in total. The molecule has 11 nitrogen and oxygen atoms in total. The van der Waals surface area contributed by atoms with Gasteiger partial charge in [-0.25, -0.2) is 0 Å². The molecule has 2 aliphatic heterocycles. The molecule has 0 unspecified atom stereocenters. The van der Waals surface area contributed by atoms with Crippen molar-refractivity contribution in [1.82, 2.24) is 0 Å². The second kappa shape index (κ2) is 18.8. The zero-order chi connectivity index (χ0) is 35.4. The quantitative estimate of drug-likeness (QED) is 0.136. The Kier molecular flexibility index (Phi) is 13.7. The van der Waals surface area contributed by atoms with Crippen molar-refractivity contribution in [2.24, 2.45) is 0 Å². The highest BCUT2D eigenvalue weighted by molar-refractivity contribution is 5.16. The first-order valence-corrected chi connectivity index (χ1v) is 17.2. The van der Waals surface area contributed by atoms with Crippen molar-refractivity contribution < 1.29 is 53.6 Å². The van der Waals surface area contributed by atoms with E-state index in [2.05, 4.69) is 0 Å². The van der Waals surface area contributed by atoms with Crippen LogP contribution in [0.15, 0.2) is 121 Å². The van der Waals surface area contributed by atoms with Gasteiger partial charge in [0.05, 0.1) is 39.6 Å². The van der Waals surface area contributed by atoms with Gasteiger partial charge in [0.1, 0.15) is 48.8 Å². The average Bonchev–Trinajstić information content (AvgIpc) is 3.18. The number of rotatable bonds is 16. The number of aliphatic hydroxyl groups is 4. The first-order valence-electron chi connectivity index (χ1n) is 17.2. The fourth-order valence-corrected chi connectivity index (χ4v) is 6.33. The predicted octanol–water partition coefficient (Wildman–Crippen LogP) is 3.50. The average molecular weight is 703 g/mol. The van der Waals surface area contributed by atoms with E-state index in [0.29, 0.717) is 0 Å². The molecule has 10 atom stereocenters. The van der Waals surface area contributed by atoms with Gasteiger partial charge in [0.2, 0.25) is 0 Å². The van der Waals surface area contributed by atoms with Gasteiger partial charge in [-0.2, -0.15) is 0 Å². The summed E-state index contributed by atoms with van der Waals surface area (Å²) >= 11 is 0. The maximum atomic E-state index is 11.9. The zero-order valence-corrected chi connectivity index (χ0v) is 28.2. The summed E-state index contributed by atoms with van der Waals surface area (Å²) < 4.78 is 44.0. The minimum atomic E-state index is -1.51. The summed E-state index contributed by atoms with van der Waals surface area (Å²) in [5.41, 5.74) is 3.45. The van der Waals surface area contributed by atoms with E-state index >= 15 is 0 Å². The van der Waals surface area contributed by atoms with Gasteiger partial charge in [0.25, 0.3) is 0 Å². The lowest BCUT2D eigenvalue weighted by molar-refractivity contribution is -0.371. The molecule has 4 aromatic rings. The summed E-state index contributed by atoms with van der Waals surface area (Å²) in [6.45, 7) is -0.452. The van der Waals surface area contributed by atoms with Crippen molar-refractivity contribution in [1.29, 1.82) is 0 Å². The van der Waals surface area contributed by atoms with E-state index in [1.54, 1.807) is 0 Å². The Morgan fingerprint density at radius 2 is 0.804 bits per heavy atom. The molecule has 6 rings (SSSR count). The molecule has 0 bridgehead atoms. The molecule has 2 fully saturated rings. The van der Waals surface area contributed by atoms with Crippen LogP contribution in [0.1, 0.15) is 22.3 Å². The highest BCUT2D eigenvalue weighted by Gasteiger charge is 2.53. The molecule has 4 aromatic carbocycles. The van der Waals surface area contributed by atoms with Gasteiger partial charge >= 0.3 is 0 Å². The van der Waals surface area contributed by atoms with Gasteiger partial charge in [-0.05, 0) is 22.3 Å². The molecule has 272 valence electrons. The molecule has 11 heteroatoms. The highest BCUT2D eigenvalue weighted by Crippen LogP contribution is 2.34. The number of hydrogen-bond acceptors (Lipinski definition) is 11. The summed E-state index contributed by atoms with van der Waals surface area (Å²) in [6, 6.07) is 37.9. The van der Waals surface area contributed by atoms with Crippen molar-refractivity contribution in [2.45, 2.75) is 87.8 Å². The van der Waals surface area contributed by atoms with Crippen LogP contribution in [0, 0.1) is 0 Å². The zero-order valence-electron chi connectivity index (χ0n) is 28.2. The van der Waals surface area contributed by atoms with Crippen LogP contribution in [-0.4, -0.2) is 95.1 Å². The smallest absolute Gasteiger partial charge is 0.187 e. The molecule has 0 saturated carbocycles. The number of ether oxygens (including phenoxy) is 7. The number of aliphatic hydroxyl groups excluding tert-OH is 4. The maximum Gasteiger partial charge on any atom is 0.187 e. The molecule has 2 aliphatic rings. The van der Waals surface area contributed by atoms with E-state index in [1.807, 2.05) is 121 Å². The Bertz CT molecular complexity index is 1550. The second-order valence-electron chi connectivity index (χ2n) is 12.6. The summed E-state index contributed by atoms with van der Waals surface area (Å²) in [5.74, 6) is 0. The Morgan fingerprint density at radius 1 is 0.431 bits per heavy atom. The lowest BCUT2D eigenvalue weighted by Crippen LogP contribution is -2.66. The number of benzene rings is 4. The molecular formula is C40H46O11. The van der Waals surface area contributed by atoms with E-state index in [-0.39, 0.29) is 26.4 Å². The lowest BCUT2D eigenvalue weighted by atomic mass is 9.96. The molecular weight excluding hydrogens is 656 g/mol. The third-order valence-electron chi connectivity index (χ3n) is 9.02. The summed E-state index contributed by atoms with van der Waals surface area (Å²) in [6.07, 6.45) is -11.4. The predicted molar refractivity (Wildman–Crippen MR) is 185 cm³/mol. The normalized spacial score (nSPS) is 29.5. The van der Waals surface area contributed by atoms with Crippen LogP contribution in [0.4, 0.5) is 0 Å². The topological polar surface area (TPSA) is 146 Å². The maximum absolute atomic E-state index is 11.9. The van der Waals surface area contributed by atoms with Crippen molar-refractivity contribution >= 4 is 0 Å². The SMILES string of the molecule is OC[C@H]1O[C@H](O[C@@H]2[C@@H](OCc3ccccc3)[C@H](O)O[C@H](CO)[C@@H]2OCc2ccccc2)[C@H](OCc2ccccc2)[C@@H](O)[C@H]1OCc1ccccc1. The van der Waals surface area contributed by atoms with Crippen LogP contribution in [0.5, 0.6) is 0 Å². The van der Waals surface area contributed by atoms with Crippen LogP contribution in [-0.2, 0) is 59.6 Å². The van der Waals surface area contributed by atoms with E-state index in [9.17, 15) is 20.4 Å². The minimum absolute atomic E-state index is 0.109. The van der Waals surface area contributed by atoms with Gasteiger partial charge in [-0.15, -0.1) is 0 Å². The van der Waals surface area contributed by atoms with Crippen molar-refractivity contribution in [3.63, 3.8) is 0 Å². The largest absolute Gasteiger partial charge is 0.394 e. The molecule has 2 saturated heterocycles. The molecule has 51 heavy (non-hydrogen) atoms. The van der Waals surface area contributed by atoms with Gasteiger partial charge in [-0.1, -0.05) is 121 Å². The van der Waals surface area contributed by atoms with E-state index < -0.39 is 74.6 Å². The third kappa shape index (κ3) is 9.86. The lowest BCUT2D eigenvalue weighted by Gasteiger charge is -2.48. The van der Waals surface area contributed by atoms with Crippen molar-refractivity contribution in [2.75, 3.05) is 13.2 Å². The van der Waals surface area contributed by atoms with Crippen molar-refractivity contribution in [3.8, 4) is 0 Å². The third-order valence-corrected chi connectivity index (χ3v) is 9.02. The first-order chi connectivity index (χ1) is 25.0. The summed E-state index contributed by atoms with van der Waals surface area (Å²) in [4.78, 5) is 0. The minimum Gasteiger partial charge on any atom is -0.394 e. The van der Waals surface area contributed by atoms with E-state index in [4.69, 9.17) is 33.2 Å². The fourth-order valence-electron chi connectivity index (χ4n) is 6.33. The van der Waals surface area contributed by atoms with Gasteiger partial charge in [0.15, 0.2) is 12.6 Å². The standard InChI is InChI=1S/C40H46O11/c41-21-31-34(45-23-27-13-5-1-6-14-27)33(43)36(47-25-29-17-9-3-10-18-29)40(50-31)51-37-35(46-24-28-15-7-2-8-16-28)32(22-42)49-39(44)38(37)48-26-30-19-11-4-12-20-30/h1-20,31-44H,21-26H2/t31-,32-,33+,34+,35+,36-,37+,38-,39-,40-/m1/s1. The van der Waals surface area contributed by atoms with Crippen LogP contribution in [0.25, 0.3) is 0 Å². The van der Waals surface area contributed by atoms with Gasteiger partial charge in [0, 0.05) is 0 Å². The Labute approximate surface area is 297 Å². The summed E-state index contributed by atoms with van der Waals surface area (Å²) in [5, 5.41) is 44.0. The first kappa shape index (κ1) is 37.2. The Balaban J connectivity index is 1.29. The van der Waals surface area contributed by atoms with Gasteiger partial charge in [-0.3, -0.25) is 0 Å². The van der Waals surface area contributed by atoms with Gasteiger partial charge < -0.3 is 53.6 Å². The molecule has 0 radical (unpaired) electrons. The fraction of sp³-hybridized carbons (Fsp3) is 0.400. The van der Waals surface area contributed by atoms with Crippen LogP contribution >= 0.6 is 0 Å². The molecule has 0 aliphatic carbocycles. The molecule has 0 aromatic heterocycles. The van der Waals surface area contributed by atoms with Crippen LogP contribution in [0.2, 0.25) is 0 Å². The van der Waals surface area contributed by atoms with Crippen molar-refractivity contribution in [3.05, 3.63) is 144 Å². The second-order valence-corrected chi connectivity index (χ2v) is 12.6. The highest BCUT2D eigenvalue weighted by atomic mass is 16.7. The summed E-state index contributed by atoms with van der Waals surface area (Å²) in [7, 11) is 0. The van der Waals surface area contributed by atoms with Crippen LogP contribution in [0.3, 0.4) is 0 Å². The van der Waals surface area contributed by atoms with Crippen LogP contribution < -0.4 is 0 Å². The van der Waals surface area contributed by atoms with E-state index in [1.165, 1.54) is 0 Å². The molecule has 0 amide bonds. The monoisotopic (exact) mass is 702 g/mol. The Morgan fingerprint density at radius 3 is 1.24 bits per heavy atom.